The number of rotatable bonds is 4. The van der Waals surface area contributed by atoms with E-state index in [4.69, 9.17) is 11.6 Å². The number of hydrogen-bond acceptors (Lipinski definition) is 2. The van der Waals surface area contributed by atoms with E-state index in [0.29, 0.717) is 5.02 Å². The van der Waals surface area contributed by atoms with Gasteiger partial charge in [0, 0.05) is 18.1 Å². The van der Waals surface area contributed by atoms with Gasteiger partial charge in [-0.25, -0.2) is 0 Å². The summed E-state index contributed by atoms with van der Waals surface area (Å²) in [7, 11) is 0. The van der Waals surface area contributed by atoms with Crippen molar-refractivity contribution in [2.75, 3.05) is 13.1 Å². The first-order chi connectivity index (χ1) is 10.1. The van der Waals surface area contributed by atoms with Gasteiger partial charge in [-0.1, -0.05) is 23.7 Å². The smallest absolute Gasteiger partial charge is 0.244 e. The van der Waals surface area contributed by atoms with Crippen LogP contribution in [0, 0.1) is 0 Å². The first kappa shape index (κ1) is 15.8. The Labute approximate surface area is 130 Å². The second-order valence-electron chi connectivity index (χ2n) is 5.48. The standard InChI is InChI=1S/C16H21ClN2O2/c1-12(16(21)19-9-3-2-4-10-19)18-15(20)11-13-5-7-14(17)8-6-13/h5-8,12H,2-4,9-11H2,1H3,(H,18,20)/t12-/m1/s1. The highest BCUT2D eigenvalue weighted by Gasteiger charge is 2.23. The highest BCUT2D eigenvalue weighted by Crippen LogP contribution is 2.11. The maximum atomic E-state index is 12.2. The van der Waals surface area contributed by atoms with Crippen molar-refractivity contribution >= 4 is 23.4 Å². The topological polar surface area (TPSA) is 49.4 Å². The van der Waals surface area contributed by atoms with E-state index >= 15 is 0 Å². The summed E-state index contributed by atoms with van der Waals surface area (Å²) in [5.74, 6) is -0.130. The van der Waals surface area contributed by atoms with Crippen molar-refractivity contribution in [3.8, 4) is 0 Å². The molecule has 1 aliphatic heterocycles. The van der Waals surface area contributed by atoms with E-state index in [1.807, 2.05) is 17.0 Å². The average molecular weight is 309 g/mol. The third kappa shape index (κ3) is 4.74. The average Bonchev–Trinajstić information content (AvgIpc) is 2.49. The Morgan fingerprint density at radius 2 is 1.81 bits per heavy atom. The highest BCUT2D eigenvalue weighted by atomic mass is 35.5. The Kier molecular flexibility index (Phi) is 5.62. The maximum absolute atomic E-state index is 12.2. The lowest BCUT2D eigenvalue weighted by Crippen LogP contribution is -2.48. The number of nitrogens with one attached hydrogen (secondary N) is 1. The second-order valence-corrected chi connectivity index (χ2v) is 5.91. The summed E-state index contributed by atoms with van der Waals surface area (Å²) in [6.45, 7) is 3.35. The van der Waals surface area contributed by atoms with Crippen LogP contribution >= 0.6 is 11.6 Å². The molecule has 1 heterocycles. The molecule has 21 heavy (non-hydrogen) atoms. The summed E-state index contributed by atoms with van der Waals surface area (Å²) >= 11 is 5.81. The number of likely N-dealkylation sites (tertiary alicyclic amines) is 1. The van der Waals surface area contributed by atoms with E-state index < -0.39 is 6.04 Å². The van der Waals surface area contributed by atoms with Crippen LogP contribution in [0.15, 0.2) is 24.3 Å². The second kappa shape index (κ2) is 7.46. The van der Waals surface area contributed by atoms with Crippen molar-refractivity contribution in [2.24, 2.45) is 0 Å². The number of halogens is 1. The Bertz CT molecular complexity index is 496. The molecule has 1 N–H and O–H groups in total. The molecular weight excluding hydrogens is 288 g/mol. The largest absolute Gasteiger partial charge is 0.344 e. The zero-order valence-electron chi connectivity index (χ0n) is 12.3. The molecule has 1 fully saturated rings. The van der Waals surface area contributed by atoms with Crippen molar-refractivity contribution in [3.05, 3.63) is 34.9 Å². The van der Waals surface area contributed by atoms with E-state index in [-0.39, 0.29) is 18.2 Å². The van der Waals surface area contributed by atoms with Crippen molar-refractivity contribution < 1.29 is 9.59 Å². The van der Waals surface area contributed by atoms with Gasteiger partial charge in [0.05, 0.1) is 6.42 Å². The van der Waals surface area contributed by atoms with Gasteiger partial charge in [-0.15, -0.1) is 0 Å². The Balaban J connectivity index is 1.83. The van der Waals surface area contributed by atoms with Crippen LogP contribution in [-0.4, -0.2) is 35.8 Å². The van der Waals surface area contributed by atoms with E-state index in [1.165, 1.54) is 6.42 Å². The molecule has 0 bridgehead atoms. The Morgan fingerprint density at radius 1 is 1.19 bits per heavy atom. The molecule has 2 rings (SSSR count). The summed E-state index contributed by atoms with van der Waals surface area (Å²) in [5, 5.41) is 3.42. The van der Waals surface area contributed by atoms with Crippen LogP contribution in [-0.2, 0) is 16.0 Å². The molecule has 1 aromatic rings. The predicted octanol–water partition coefficient (Wildman–Crippen LogP) is 2.40. The SMILES string of the molecule is C[C@@H](NC(=O)Cc1ccc(Cl)cc1)C(=O)N1CCCCC1. The lowest BCUT2D eigenvalue weighted by atomic mass is 10.1. The Hall–Kier alpha value is -1.55. The van der Waals surface area contributed by atoms with Crippen LogP contribution in [0.1, 0.15) is 31.7 Å². The minimum atomic E-state index is -0.470. The highest BCUT2D eigenvalue weighted by molar-refractivity contribution is 6.30. The van der Waals surface area contributed by atoms with Crippen molar-refractivity contribution in [2.45, 2.75) is 38.6 Å². The van der Waals surface area contributed by atoms with Crippen LogP contribution in [0.2, 0.25) is 5.02 Å². The molecule has 5 heteroatoms. The molecule has 1 aromatic carbocycles. The summed E-state index contributed by atoms with van der Waals surface area (Å²) < 4.78 is 0. The van der Waals surface area contributed by atoms with Crippen LogP contribution in [0.4, 0.5) is 0 Å². The normalized spacial score (nSPS) is 16.4. The molecule has 2 amide bonds. The third-order valence-corrected chi connectivity index (χ3v) is 3.95. The van der Waals surface area contributed by atoms with Gasteiger partial charge in [0.2, 0.25) is 11.8 Å². The van der Waals surface area contributed by atoms with E-state index in [2.05, 4.69) is 5.32 Å². The number of benzene rings is 1. The van der Waals surface area contributed by atoms with Crippen LogP contribution in [0.3, 0.4) is 0 Å². The van der Waals surface area contributed by atoms with Gasteiger partial charge in [0.25, 0.3) is 0 Å². The summed E-state index contributed by atoms with van der Waals surface area (Å²) in [4.78, 5) is 26.0. The Morgan fingerprint density at radius 3 is 2.43 bits per heavy atom. The number of hydrogen-bond donors (Lipinski definition) is 1. The van der Waals surface area contributed by atoms with Gasteiger partial charge >= 0.3 is 0 Å². The first-order valence-electron chi connectivity index (χ1n) is 7.39. The number of nitrogens with zero attached hydrogens (tertiary/aromatic N) is 1. The number of carbonyl (C=O) groups is 2. The fourth-order valence-electron chi connectivity index (χ4n) is 2.53. The van der Waals surface area contributed by atoms with Crippen LogP contribution in [0.25, 0.3) is 0 Å². The molecule has 1 atom stereocenters. The number of amides is 2. The molecule has 0 spiro atoms. The van der Waals surface area contributed by atoms with Crippen LogP contribution < -0.4 is 5.32 Å². The molecule has 1 saturated heterocycles. The fourth-order valence-corrected chi connectivity index (χ4v) is 2.66. The lowest BCUT2D eigenvalue weighted by molar-refractivity contribution is -0.136. The van der Waals surface area contributed by atoms with Crippen molar-refractivity contribution in [3.63, 3.8) is 0 Å². The molecule has 1 aliphatic rings. The van der Waals surface area contributed by atoms with Gasteiger partial charge in [0.15, 0.2) is 0 Å². The van der Waals surface area contributed by atoms with Gasteiger partial charge in [-0.2, -0.15) is 0 Å². The van der Waals surface area contributed by atoms with Gasteiger partial charge in [-0.05, 0) is 43.9 Å². The first-order valence-corrected chi connectivity index (χ1v) is 7.76. The monoisotopic (exact) mass is 308 g/mol. The van der Waals surface area contributed by atoms with E-state index in [1.54, 1.807) is 19.1 Å². The zero-order chi connectivity index (χ0) is 15.2. The summed E-state index contributed by atoms with van der Waals surface area (Å²) in [5.41, 5.74) is 0.884. The van der Waals surface area contributed by atoms with Gasteiger partial charge in [0.1, 0.15) is 6.04 Å². The summed E-state index contributed by atoms with van der Waals surface area (Å²) in [6.07, 6.45) is 3.55. The van der Waals surface area contributed by atoms with E-state index in [9.17, 15) is 9.59 Å². The third-order valence-electron chi connectivity index (χ3n) is 3.69. The molecule has 0 unspecified atom stereocenters. The molecule has 0 saturated carbocycles. The molecule has 0 aliphatic carbocycles. The predicted molar refractivity (Wildman–Crippen MR) is 83.2 cm³/mol. The van der Waals surface area contributed by atoms with Crippen LogP contribution in [0.5, 0.6) is 0 Å². The maximum Gasteiger partial charge on any atom is 0.244 e. The quantitative estimate of drug-likeness (QED) is 0.928. The molecule has 0 radical (unpaired) electrons. The van der Waals surface area contributed by atoms with Gasteiger partial charge < -0.3 is 10.2 Å². The lowest BCUT2D eigenvalue weighted by Gasteiger charge is -2.29. The number of piperidine rings is 1. The molecule has 0 aromatic heterocycles. The molecule has 4 nitrogen and oxygen atoms in total. The van der Waals surface area contributed by atoms with Gasteiger partial charge in [-0.3, -0.25) is 9.59 Å². The number of carbonyl (C=O) groups excluding carboxylic acids is 2. The van der Waals surface area contributed by atoms with E-state index in [0.717, 1.165) is 31.5 Å². The summed E-state index contributed by atoms with van der Waals surface area (Å²) in [6, 6.07) is 6.68. The van der Waals surface area contributed by atoms with Crippen molar-refractivity contribution in [1.29, 1.82) is 0 Å². The zero-order valence-corrected chi connectivity index (χ0v) is 13.0. The molecular formula is C16H21ClN2O2. The fraction of sp³-hybridized carbons (Fsp3) is 0.500. The minimum Gasteiger partial charge on any atom is -0.344 e. The van der Waals surface area contributed by atoms with Crippen molar-refractivity contribution in [1.82, 2.24) is 10.2 Å². The molecule has 114 valence electrons. The minimum absolute atomic E-state index is 0.0131.